The van der Waals surface area contributed by atoms with Crippen LogP contribution >= 0.6 is 24.0 Å². The maximum absolute atomic E-state index is 12.8. The van der Waals surface area contributed by atoms with E-state index in [0.29, 0.717) is 12.5 Å². The van der Waals surface area contributed by atoms with Crippen molar-refractivity contribution >= 4 is 34.0 Å². The van der Waals surface area contributed by atoms with E-state index in [1.165, 1.54) is 0 Å². The molecular formula is C10H13Cl2F3N2O2S. The molecule has 0 saturated heterocycles. The number of rotatable bonds is 5. The molecule has 0 aliphatic rings. The zero-order valence-electron chi connectivity index (χ0n) is 10.1. The molecule has 0 amide bonds. The number of alkyl halides is 3. The van der Waals surface area contributed by atoms with Gasteiger partial charge in [0.1, 0.15) is 0 Å². The summed E-state index contributed by atoms with van der Waals surface area (Å²) in [6, 6.07) is 2.50. The Morgan fingerprint density at radius 3 is 2.40 bits per heavy atom. The maximum atomic E-state index is 12.8. The standard InChI is InChI=1S/C10H12ClF3N2O2S.ClH/c11-7-2-3-9(8(6-7)10(12,13)14)19(17,18)16-5-1-4-15;/h2-3,6,16H,1,4-5,15H2;1H. The minimum absolute atomic E-state index is 0. The predicted molar refractivity (Wildman–Crippen MR) is 72.6 cm³/mol. The third-order valence-electron chi connectivity index (χ3n) is 2.21. The van der Waals surface area contributed by atoms with Crippen molar-refractivity contribution in [1.82, 2.24) is 4.72 Å². The molecule has 116 valence electrons. The van der Waals surface area contributed by atoms with E-state index in [1.807, 2.05) is 0 Å². The lowest BCUT2D eigenvalue weighted by Crippen LogP contribution is -2.28. The zero-order chi connectivity index (χ0) is 14.7. The molecule has 1 aromatic carbocycles. The first-order valence-electron chi connectivity index (χ1n) is 5.25. The van der Waals surface area contributed by atoms with Crippen LogP contribution in [0.15, 0.2) is 23.1 Å². The number of sulfonamides is 1. The van der Waals surface area contributed by atoms with Crippen molar-refractivity contribution in [1.29, 1.82) is 0 Å². The number of benzene rings is 1. The lowest BCUT2D eigenvalue weighted by molar-refractivity contribution is -0.139. The fraction of sp³-hybridized carbons (Fsp3) is 0.400. The summed E-state index contributed by atoms with van der Waals surface area (Å²) in [6.45, 7) is 0.202. The van der Waals surface area contributed by atoms with Crippen molar-refractivity contribution in [2.24, 2.45) is 5.73 Å². The van der Waals surface area contributed by atoms with Gasteiger partial charge in [-0.2, -0.15) is 13.2 Å². The highest BCUT2D eigenvalue weighted by Gasteiger charge is 2.37. The van der Waals surface area contributed by atoms with E-state index in [4.69, 9.17) is 17.3 Å². The van der Waals surface area contributed by atoms with E-state index in [9.17, 15) is 21.6 Å². The first kappa shape index (κ1) is 19.5. The molecule has 0 spiro atoms. The van der Waals surface area contributed by atoms with Gasteiger partial charge in [0.05, 0.1) is 10.5 Å². The van der Waals surface area contributed by atoms with Gasteiger partial charge in [-0.25, -0.2) is 13.1 Å². The van der Waals surface area contributed by atoms with Crippen LogP contribution in [0.2, 0.25) is 5.02 Å². The third-order valence-corrected chi connectivity index (χ3v) is 3.96. The van der Waals surface area contributed by atoms with Gasteiger partial charge in [0.25, 0.3) is 0 Å². The molecule has 0 aromatic heterocycles. The Labute approximate surface area is 125 Å². The van der Waals surface area contributed by atoms with Crippen molar-refractivity contribution in [3.05, 3.63) is 28.8 Å². The first-order chi connectivity index (χ1) is 8.68. The quantitative estimate of drug-likeness (QED) is 0.799. The van der Waals surface area contributed by atoms with Gasteiger partial charge in [0.15, 0.2) is 0 Å². The van der Waals surface area contributed by atoms with Gasteiger partial charge < -0.3 is 5.73 Å². The highest BCUT2D eigenvalue weighted by molar-refractivity contribution is 7.89. The lowest BCUT2D eigenvalue weighted by atomic mass is 10.2. The van der Waals surface area contributed by atoms with Crippen LogP contribution in [0.5, 0.6) is 0 Å². The summed E-state index contributed by atoms with van der Waals surface area (Å²) < 4.78 is 64.0. The number of nitrogens with one attached hydrogen (secondary N) is 1. The fourth-order valence-corrected chi connectivity index (χ4v) is 2.80. The molecule has 0 aliphatic heterocycles. The molecule has 0 bridgehead atoms. The summed E-state index contributed by atoms with van der Waals surface area (Å²) in [4.78, 5) is -0.846. The van der Waals surface area contributed by atoms with Crippen molar-refractivity contribution < 1.29 is 21.6 Å². The summed E-state index contributed by atoms with van der Waals surface area (Å²) in [6.07, 6.45) is -4.48. The smallest absolute Gasteiger partial charge is 0.330 e. The third kappa shape index (κ3) is 5.10. The number of hydrogen-bond donors (Lipinski definition) is 2. The summed E-state index contributed by atoms with van der Waals surface area (Å²) in [5, 5.41) is -0.187. The molecule has 0 radical (unpaired) electrons. The van der Waals surface area contributed by atoms with E-state index in [-0.39, 0.29) is 30.5 Å². The number of nitrogens with two attached hydrogens (primary N) is 1. The van der Waals surface area contributed by atoms with Crippen molar-refractivity contribution in [3.63, 3.8) is 0 Å². The van der Waals surface area contributed by atoms with Crippen molar-refractivity contribution in [3.8, 4) is 0 Å². The largest absolute Gasteiger partial charge is 0.417 e. The van der Waals surface area contributed by atoms with E-state index in [0.717, 1.165) is 12.1 Å². The Bertz CT molecular complexity index is 550. The topological polar surface area (TPSA) is 72.2 Å². The summed E-state index contributed by atoms with van der Waals surface area (Å²) >= 11 is 5.47. The van der Waals surface area contributed by atoms with Gasteiger partial charge >= 0.3 is 6.18 Å². The van der Waals surface area contributed by atoms with Gasteiger partial charge in [0, 0.05) is 11.6 Å². The number of halogens is 5. The second-order valence-electron chi connectivity index (χ2n) is 3.68. The van der Waals surface area contributed by atoms with Crippen LogP contribution in [0, 0.1) is 0 Å². The molecule has 0 fully saturated rings. The lowest BCUT2D eigenvalue weighted by Gasteiger charge is -2.14. The normalized spacial score (nSPS) is 12.1. The minimum atomic E-state index is -4.80. The van der Waals surface area contributed by atoms with E-state index >= 15 is 0 Å². The Kier molecular flexibility index (Phi) is 7.26. The van der Waals surface area contributed by atoms with Gasteiger partial charge in [-0.1, -0.05) is 11.6 Å². The molecule has 1 aromatic rings. The van der Waals surface area contributed by atoms with Crippen LogP contribution in [0.1, 0.15) is 12.0 Å². The second kappa shape index (κ2) is 7.46. The summed E-state index contributed by atoms with van der Waals surface area (Å²) in [5.41, 5.74) is 3.89. The summed E-state index contributed by atoms with van der Waals surface area (Å²) in [5.74, 6) is 0. The number of hydrogen-bond acceptors (Lipinski definition) is 3. The highest BCUT2D eigenvalue weighted by Crippen LogP contribution is 2.35. The van der Waals surface area contributed by atoms with Crippen LogP contribution in [0.3, 0.4) is 0 Å². The molecule has 0 unspecified atom stereocenters. The molecule has 0 atom stereocenters. The molecule has 3 N–H and O–H groups in total. The molecule has 0 heterocycles. The van der Waals surface area contributed by atoms with Gasteiger partial charge in [-0.3, -0.25) is 0 Å². The van der Waals surface area contributed by atoms with Gasteiger partial charge in [0.2, 0.25) is 10.0 Å². The molecule has 4 nitrogen and oxygen atoms in total. The summed E-state index contributed by atoms with van der Waals surface area (Å²) in [7, 11) is -4.25. The van der Waals surface area contributed by atoms with Gasteiger partial charge in [-0.05, 0) is 31.2 Å². The van der Waals surface area contributed by atoms with Crippen LogP contribution in [-0.4, -0.2) is 21.5 Å². The minimum Gasteiger partial charge on any atom is -0.330 e. The maximum Gasteiger partial charge on any atom is 0.417 e. The molecule has 0 aliphatic carbocycles. The average molecular weight is 353 g/mol. The van der Waals surface area contributed by atoms with Crippen LogP contribution in [-0.2, 0) is 16.2 Å². The van der Waals surface area contributed by atoms with Crippen LogP contribution < -0.4 is 10.5 Å². The van der Waals surface area contributed by atoms with Crippen molar-refractivity contribution in [2.45, 2.75) is 17.5 Å². The highest BCUT2D eigenvalue weighted by atomic mass is 35.5. The van der Waals surface area contributed by atoms with E-state index in [2.05, 4.69) is 4.72 Å². The second-order valence-corrected chi connectivity index (χ2v) is 5.85. The van der Waals surface area contributed by atoms with E-state index in [1.54, 1.807) is 0 Å². The van der Waals surface area contributed by atoms with E-state index < -0.39 is 26.7 Å². The zero-order valence-corrected chi connectivity index (χ0v) is 12.5. The molecular weight excluding hydrogens is 340 g/mol. The monoisotopic (exact) mass is 352 g/mol. The first-order valence-corrected chi connectivity index (χ1v) is 7.11. The Balaban J connectivity index is 0.00000361. The fourth-order valence-electron chi connectivity index (χ4n) is 1.34. The predicted octanol–water partition coefficient (Wildman–Crippen LogP) is 2.41. The van der Waals surface area contributed by atoms with Gasteiger partial charge in [-0.15, -0.1) is 12.4 Å². The Hall–Kier alpha value is -0.540. The Morgan fingerprint density at radius 2 is 1.90 bits per heavy atom. The van der Waals surface area contributed by atoms with Crippen molar-refractivity contribution in [2.75, 3.05) is 13.1 Å². The van der Waals surface area contributed by atoms with Crippen LogP contribution in [0.4, 0.5) is 13.2 Å². The molecule has 20 heavy (non-hydrogen) atoms. The molecule has 1 rings (SSSR count). The Morgan fingerprint density at radius 1 is 1.30 bits per heavy atom. The SMILES string of the molecule is Cl.NCCCNS(=O)(=O)c1ccc(Cl)cc1C(F)(F)F. The molecule has 10 heteroatoms. The molecule has 0 saturated carbocycles. The average Bonchev–Trinajstić information content (AvgIpc) is 2.27. The van der Waals surface area contributed by atoms with Crippen LogP contribution in [0.25, 0.3) is 0 Å².